The number of benzene rings is 3. The zero-order chi connectivity index (χ0) is 26.6. The second kappa shape index (κ2) is 10.9. The van der Waals surface area contributed by atoms with Crippen LogP contribution in [0.3, 0.4) is 0 Å². The van der Waals surface area contributed by atoms with Gasteiger partial charge in [0.05, 0.1) is 0 Å². The number of esters is 1. The molecular weight excluding hydrogens is 470 g/mol. The standard InChI is InChI=1S/C30H31NO6/c1-30(2,20-11-5-4-6-12-20)37-27(32)18-17-26(28(33)34)31(3)29(35)36-19-25-23-15-9-7-13-21(23)22-14-8-10-16-24(22)25/h4-16,25-26H,17-19H2,1-3H3,(H,33,34)/t26-/m0/s1. The quantitative estimate of drug-likeness (QED) is 0.385. The molecule has 0 spiro atoms. The topological polar surface area (TPSA) is 93.1 Å². The van der Waals surface area contributed by atoms with E-state index in [2.05, 4.69) is 0 Å². The van der Waals surface area contributed by atoms with Gasteiger partial charge in [0.25, 0.3) is 0 Å². The molecule has 0 fully saturated rings. The van der Waals surface area contributed by atoms with Gasteiger partial charge in [-0.1, -0.05) is 78.9 Å². The van der Waals surface area contributed by atoms with Gasteiger partial charge in [0.15, 0.2) is 0 Å². The molecule has 1 atom stereocenters. The molecule has 0 aliphatic heterocycles. The molecule has 1 aliphatic carbocycles. The lowest BCUT2D eigenvalue weighted by molar-refractivity contribution is -0.158. The van der Waals surface area contributed by atoms with E-state index in [1.54, 1.807) is 13.8 Å². The first-order valence-corrected chi connectivity index (χ1v) is 12.3. The van der Waals surface area contributed by atoms with Crippen molar-refractivity contribution in [3.63, 3.8) is 0 Å². The molecule has 1 amide bonds. The average molecular weight is 502 g/mol. The van der Waals surface area contributed by atoms with Crippen LogP contribution in [0.5, 0.6) is 0 Å². The molecule has 1 aliphatic rings. The molecule has 192 valence electrons. The molecule has 3 aromatic rings. The first kappa shape index (κ1) is 25.9. The number of nitrogens with zero attached hydrogens (tertiary/aromatic N) is 1. The van der Waals surface area contributed by atoms with E-state index in [4.69, 9.17) is 9.47 Å². The van der Waals surface area contributed by atoms with Crippen molar-refractivity contribution in [2.75, 3.05) is 13.7 Å². The molecular formula is C30H31NO6. The summed E-state index contributed by atoms with van der Waals surface area (Å²) in [6, 6.07) is 24.0. The second-order valence-electron chi connectivity index (χ2n) is 9.66. The van der Waals surface area contributed by atoms with Crippen molar-refractivity contribution in [2.45, 2.75) is 44.2 Å². The van der Waals surface area contributed by atoms with Gasteiger partial charge in [-0.2, -0.15) is 0 Å². The number of carboxylic acid groups (broad SMARTS) is 1. The number of carbonyl (C=O) groups is 3. The van der Waals surface area contributed by atoms with E-state index in [-0.39, 0.29) is 25.4 Å². The van der Waals surface area contributed by atoms with Gasteiger partial charge < -0.3 is 14.6 Å². The lowest BCUT2D eigenvalue weighted by Gasteiger charge is -2.27. The summed E-state index contributed by atoms with van der Waals surface area (Å²) in [6.45, 7) is 3.63. The fourth-order valence-electron chi connectivity index (χ4n) is 4.79. The number of aliphatic carboxylic acids is 1. The molecule has 0 saturated heterocycles. The zero-order valence-electron chi connectivity index (χ0n) is 21.2. The number of hydrogen-bond acceptors (Lipinski definition) is 5. The van der Waals surface area contributed by atoms with Crippen LogP contribution in [0.25, 0.3) is 11.1 Å². The summed E-state index contributed by atoms with van der Waals surface area (Å²) in [7, 11) is 1.37. The second-order valence-corrected chi connectivity index (χ2v) is 9.66. The van der Waals surface area contributed by atoms with Crippen LogP contribution in [0.4, 0.5) is 4.79 Å². The molecule has 37 heavy (non-hydrogen) atoms. The summed E-state index contributed by atoms with van der Waals surface area (Å²) >= 11 is 0. The van der Waals surface area contributed by atoms with Crippen molar-refractivity contribution in [1.29, 1.82) is 0 Å². The van der Waals surface area contributed by atoms with Gasteiger partial charge in [-0.3, -0.25) is 9.69 Å². The Morgan fingerprint density at radius 1 is 0.892 bits per heavy atom. The Morgan fingerprint density at radius 3 is 2.00 bits per heavy atom. The minimum absolute atomic E-state index is 0.0802. The maximum Gasteiger partial charge on any atom is 0.410 e. The number of carboxylic acids is 1. The maximum absolute atomic E-state index is 12.9. The minimum Gasteiger partial charge on any atom is -0.480 e. The van der Waals surface area contributed by atoms with Crippen LogP contribution in [0.15, 0.2) is 78.9 Å². The molecule has 3 aromatic carbocycles. The number of rotatable bonds is 9. The fraction of sp³-hybridized carbons (Fsp3) is 0.300. The third-order valence-corrected chi connectivity index (χ3v) is 6.84. The summed E-state index contributed by atoms with van der Waals surface area (Å²) in [5.74, 6) is -1.89. The number of hydrogen-bond donors (Lipinski definition) is 1. The van der Waals surface area contributed by atoms with E-state index in [0.29, 0.717) is 0 Å². The van der Waals surface area contributed by atoms with Crippen molar-refractivity contribution >= 4 is 18.0 Å². The largest absolute Gasteiger partial charge is 0.480 e. The number of amides is 1. The predicted molar refractivity (Wildman–Crippen MR) is 139 cm³/mol. The Labute approximate surface area is 216 Å². The van der Waals surface area contributed by atoms with E-state index in [1.807, 2.05) is 78.9 Å². The number of ether oxygens (including phenoxy) is 2. The molecule has 0 unspecified atom stereocenters. The summed E-state index contributed by atoms with van der Waals surface area (Å²) < 4.78 is 11.2. The van der Waals surface area contributed by atoms with Gasteiger partial charge in [0.1, 0.15) is 18.2 Å². The van der Waals surface area contributed by atoms with Crippen molar-refractivity contribution in [2.24, 2.45) is 0 Å². The normalized spacial score (nSPS) is 13.3. The fourth-order valence-corrected chi connectivity index (χ4v) is 4.79. The van der Waals surface area contributed by atoms with Crippen molar-refractivity contribution in [1.82, 2.24) is 4.90 Å². The third kappa shape index (κ3) is 5.66. The number of fused-ring (bicyclic) bond motifs is 3. The molecule has 0 bridgehead atoms. The first-order valence-electron chi connectivity index (χ1n) is 12.3. The SMILES string of the molecule is CN(C(=O)OCC1c2ccccc2-c2ccccc21)[C@@H](CCC(=O)OC(C)(C)c1ccccc1)C(=O)O. The highest BCUT2D eigenvalue weighted by Gasteiger charge is 2.33. The van der Waals surface area contributed by atoms with Crippen molar-refractivity contribution in [3.8, 4) is 11.1 Å². The van der Waals surface area contributed by atoms with Crippen LogP contribution in [0, 0.1) is 0 Å². The Balaban J connectivity index is 1.36. The molecule has 1 N–H and O–H groups in total. The van der Waals surface area contributed by atoms with Crippen LogP contribution in [0.2, 0.25) is 0 Å². The number of likely N-dealkylation sites (N-methyl/N-ethyl adjacent to an activating group) is 1. The Bertz CT molecular complexity index is 1240. The highest BCUT2D eigenvalue weighted by atomic mass is 16.6. The predicted octanol–water partition coefficient (Wildman–Crippen LogP) is 5.58. The first-order chi connectivity index (χ1) is 17.7. The van der Waals surface area contributed by atoms with Gasteiger partial charge in [-0.15, -0.1) is 0 Å². The van der Waals surface area contributed by atoms with Gasteiger partial charge in [0.2, 0.25) is 0 Å². The van der Waals surface area contributed by atoms with E-state index in [1.165, 1.54) is 7.05 Å². The van der Waals surface area contributed by atoms with E-state index < -0.39 is 29.7 Å². The van der Waals surface area contributed by atoms with Crippen LogP contribution in [-0.4, -0.2) is 47.7 Å². The van der Waals surface area contributed by atoms with E-state index in [9.17, 15) is 19.5 Å². The Hall–Kier alpha value is -4.13. The summed E-state index contributed by atoms with van der Waals surface area (Å²) in [5, 5.41) is 9.75. The summed E-state index contributed by atoms with van der Waals surface area (Å²) in [4.78, 5) is 38.4. The van der Waals surface area contributed by atoms with E-state index in [0.717, 1.165) is 32.7 Å². The summed E-state index contributed by atoms with van der Waals surface area (Å²) in [6.07, 6.45) is -1.01. The number of carbonyl (C=O) groups excluding carboxylic acids is 2. The van der Waals surface area contributed by atoms with Gasteiger partial charge >= 0.3 is 18.0 Å². The molecule has 7 heteroatoms. The zero-order valence-corrected chi connectivity index (χ0v) is 21.2. The highest BCUT2D eigenvalue weighted by molar-refractivity contribution is 5.81. The molecule has 4 rings (SSSR count). The maximum atomic E-state index is 12.9. The van der Waals surface area contributed by atoms with Crippen molar-refractivity contribution in [3.05, 3.63) is 95.6 Å². The van der Waals surface area contributed by atoms with Crippen molar-refractivity contribution < 1.29 is 29.0 Å². The molecule has 0 saturated carbocycles. The van der Waals surface area contributed by atoms with Crippen LogP contribution in [-0.2, 0) is 24.7 Å². The third-order valence-electron chi connectivity index (χ3n) is 6.84. The molecule has 0 heterocycles. The molecule has 7 nitrogen and oxygen atoms in total. The minimum atomic E-state index is -1.23. The van der Waals surface area contributed by atoms with Crippen LogP contribution < -0.4 is 0 Å². The molecule has 0 radical (unpaired) electrons. The van der Waals surface area contributed by atoms with Gasteiger partial charge in [-0.25, -0.2) is 9.59 Å². The van der Waals surface area contributed by atoms with Gasteiger partial charge in [-0.05, 0) is 48.1 Å². The average Bonchev–Trinajstić information content (AvgIpc) is 3.21. The lowest BCUT2D eigenvalue weighted by atomic mass is 9.98. The lowest BCUT2D eigenvalue weighted by Crippen LogP contribution is -2.43. The monoisotopic (exact) mass is 501 g/mol. The van der Waals surface area contributed by atoms with E-state index >= 15 is 0 Å². The highest BCUT2D eigenvalue weighted by Crippen LogP contribution is 2.44. The van der Waals surface area contributed by atoms with Gasteiger partial charge in [0, 0.05) is 19.4 Å². The smallest absolute Gasteiger partial charge is 0.410 e. The van der Waals surface area contributed by atoms with Crippen LogP contribution >= 0.6 is 0 Å². The Morgan fingerprint density at radius 2 is 1.43 bits per heavy atom. The molecule has 0 aromatic heterocycles. The van der Waals surface area contributed by atoms with Crippen LogP contribution in [0.1, 0.15) is 49.3 Å². The Kier molecular flexibility index (Phi) is 7.62. The summed E-state index contributed by atoms with van der Waals surface area (Å²) in [5.41, 5.74) is 4.31.